The average Bonchev–Trinajstić information content (AvgIpc) is 2.57. The summed E-state index contributed by atoms with van der Waals surface area (Å²) < 4.78 is 11.4. The lowest BCUT2D eigenvalue weighted by atomic mass is 10.0. The van der Waals surface area contributed by atoms with E-state index in [1.54, 1.807) is 12.1 Å². The fraction of sp³-hybridized carbons (Fsp3) is 0.286. The van der Waals surface area contributed by atoms with Crippen molar-refractivity contribution in [2.24, 2.45) is 0 Å². The van der Waals surface area contributed by atoms with Crippen LogP contribution in [0, 0.1) is 18.3 Å². The lowest BCUT2D eigenvalue weighted by Crippen LogP contribution is -2.08. The smallest absolute Gasteiger partial charge is 0.180 e. The lowest BCUT2D eigenvalue weighted by Gasteiger charge is -2.16. The number of nitrogens with zero attached hydrogens (tertiary/aromatic N) is 1. The summed E-state index contributed by atoms with van der Waals surface area (Å²) in [5, 5.41) is 9.98. The van der Waals surface area contributed by atoms with Gasteiger partial charge in [0, 0.05) is 0 Å². The first-order valence-electron chi connectivity index (χ1n) is 8.26. The summed E-state index contributed by atoms with van der Waals surface area (Å²) >= 11 is 6.39. The molecule has 4 heteroatoms. The first kappa shape index (κ1) is 18.9. The topological polar surface area (TPSA) is 42.2 Å². The molecule has 0 unspecified atom stereocenters. The summed E-state index contributed by atoms with van der Waals surface area (Å²) in [4.78, 5) is 0. The highest BCUT2D eigenvalue weighted by molar-refractivity contribution is 6.32. The molecule has 0 spiro atoms. The van der Waals surface area contributed by atoms with Crippen molar-refractivity contribution in [2.45, 2.75) is 33.8 Å². The highest BCUT2D eigenvalue weighted by Crippen LogP contribution is 2.38. The van der Waals surface area contributed by atoms with Crippen LogP contribution in [0.4, 0.5) is 0 Å². The largest absolute Gasteiger partial charge is 0.490 e. The van der Waals surface area contributed by atoms with E-state index in [2.05, 4.69) is 6.07 Å². The van der Waals surface area contributed by atoms with Crippen molar-refractivity contribution >= 4 is 23.3 Å². The van der Waals surface area contributed by atoms with Crippen LogP contribution >= 0.6 is 11.6 Å². The van der Waals surface area contributed by atoms with E-state index in [0.29, 0.717) is 28.7 Å². The van der Waals surface area contributed by atoms with Gasteiger partial charge in [0.05, 0.1) is 29.4 Å². The lowest BCUT2D eigenvalue weighted by molar-refractivity contribution is 0.224. The van der Waals surface area contributed by atoms with Crippen molar-refractivity contribution < 1.29 is 9.47 Å². The van der Waals surface area contributed by atoms with Gasteiger partial charge in [0.1, 0.15) is 0 Å². The molecule has 0 saturated carbocycles. The minimum atomic E-state index is -0.0136. The van der Waals surface area contributed by atoms with Crippen molar-refractivity contribution in [3.05, 3.63) is 58.1 Å². The first-order valence-corrected chi connectivity index (χ1v) is 8.64. The Labute approximate surface area is 154 Å². The molecule has 2 rings (SSSR count). The molecule has 0 fully saturated rings. The maximum atomic E-state index is 9.52. The molecular weight excluding hydrogens is 334 g/mol. The second-order valence-corrected chi connectivity index (χ2v) is 6.37. The van der Waals surface area contributed by atoms with E-state index in [-0.39, 0.29) is 6.10 Å². The van der Waals surface area contributed by atoms with E-state index in [1.807, 2.05) is 58.0 Å². The van der Waals surface area contributed by atoms with E-state index in [9.17, 15) is 5.26 Å². The zero-order chi connectivity index (χ0) is 18.4. The van der Waals surface area contributed by atoms with E-state index < -0.39 is 0 Å². The van der Waals surface area contributed by atoms with Crippen LogP contribution in [0.1, 0.15) is 37.5 Å². The maximum absolute atomic E-state index is 9.52. The molecule has 130 valence electrons. The Morgan fingerprint density at radius 1 is 1.24 bits per heavy atom. The molecule has 0 bridgehead atoms. The summed E-state index contributed by atoms with van der Waals surface area (Å²) in [6.07, 6.45) is 1.79. The third-order valence-electron chi connectivity index (χ3n) is 3.48. The van der Waals surface area contributed by atoms with Crippen LogP contribution < -0.4 is 9.47 Å². The summed E-state index contributed by atoms with van der Waals surface area (Å²) in [7, 11) is 0. The monoisotopic (exact) mass is 355 g/mol. The van der Waals surface area contributed by atoms with E-state index in [1.165, 1.54) is 0 Å². The number of halogens is 1. The second-order valence-electron chi connectivity index (χ2n) is 5.97. The summed E-state index contributed by atoms with van der Waals surface area (Å²) in [6.45, 7) is 8.29. The van der Waals surface area contributed by atoms with Crippen LogP contribution in [0.2, 0.25) is 5.02 Å². The standard InChI is InChI=1S/C21H22ClNO2/c1-5-24-20-12-16(11-19(22)21(20)25-14(2)3)10-18(13-23)17-8-6-15(4)7-9-17/h6-12,14H,5H2,1-4H3/b18-10-. The van der Waals surface area contributed by atoms with Crippen LogP contribution in [-0.2, 0) is 0 Å². The molecule has 0 aromatic heterocycles. The van der Waals surface area contributed by atoms with Crippen molar-refractivity contribution in [1.29, 1.82) is 5.26 Å². The molecule has 0 aliphatic heterocycles. The Morgan fingerprint density at radius 3 is 2.48 bits per heavy atom. The number of hydrogen-bond donors (Lipinski definition) is 0. The van der Waals surface area contributed by atoms with Gasteiger partial charge in [0.25, 0.3) is 0 Å². The molecule has 2 aromatic carbocycles. The number of ether oxygens (including phenoxy) is 2. The highest BCUT2D eigenvalue weighted by Gasteiger charge is 2.14. The molecule has 25 heavy (non-hydrogen) atoms. The Bertz CT molecular complexity index is 802. The molecule has 0 N–H and O–H groups in total. The van der Waals surface area contributed by atoms with Crippen LogP contribution in [0.15, 0.2) is 36.4 Å². The Balaban J connectivity index is 2.47. The maximum Gasteiger partial charge on any atom is 0.180 e. The van der Waals surface area contributed by atoms with E-state index in [4.69, 9.17) is 21.1 Å². The number of benzene rings is 2. The second kappa shape index (κ2) is 8.60. The highest BCUT2D eigenvalue weighted by atomic mass is 35.5. The molecular formula is C21H22ClNO2. The Morgan fingerprint density at radius 2 is 1.92 bits per heavy atom. The summed E-state index contributed by atoms with van der Waals surface area (Å²) in [5.41, 5.74) is 3.38. The molecule has 0 aliphatic rings. The van der Waals surface area contributed by atoms with Crippen LogP contribution in [-0.4, -0.2) is 12.7 Å². The van der Waals surface area contributed by atoms with Gasteiger partial charge in [-0.2, -0.15) is 5.26 Å². The van der Waals surface area contributed by atoms with E-state index >= 15 is 0 Å². The number of allylic oxidation sites excluding steroid dienone is 1. The zero-order valence-corrected chi connectivity index (χ0v) is 15.7. The molecule has 0 radical (unpaired) electrons. The number of aryl methyl sites for hydroxylation is 1. The van der Waals surface area contributed by atoms with Crippen molar-refractivity contribution in [3.8, 4) is 17.6 Å². The minimum Gasteiger partial charge on any atom is -0.490 e. The van der Waals surface area contributed by atoms with Crippen LogP contribution in [0.3, 0.4) is 0 Å². The summed E-state index contributed by atoms with van der Waals surface area (Å²) in [5.74, 6) is 1.11. The molecule has 0 amide bonds. The van der Waals surface area contributed by atoms with E-state index in [0.717, 1.165) is 16.7 Å². The van der Waals surface area contributed by atoms with Crippen molar-refractivity contribution in [3.63, 3.8) is 0 Å². The van der Waals surface area contributed by atoms with Gasteiger partial charge in [0.2, 0.25) is 0 Å². The molecule has 0 saturated heterocycles. The molecule has 3 nitrogen and oxygen atoms in total. The Hall–Kier alpha value is -2.44. The summed E-state index contributed by atoms with van der Waals surface area (Å²) in [6, 6.07) is 13.7. The van der Waals surface area contributed by atoms with Gasteiger partial charge in [-0.15, -0.1) is 0 Å². The van der Waals surface area contributed by atoms with Gasteiger partial charge in [0.15, 0.2) is 11.5 Å². The SMILES string of the molecule is CCOc1cc(/C=C(/C#N)c2ccc(C)cc2)cc(Cl)c1OC(C)C. The number of nitriles is 1. The van der Waals surface area contributed by atoms with Gasteiger partial charge in [-0.3, -0.25) is 0 Å². The fourth-order valence-corrected chi connectivity index (χ4v) is 2.63. The Kier molecular flexibility index (Phi) is 6.50. The zero-order valence-electron chi connectivity index (χ0n) is 15.0. The van der Waals surface area contributed by atoms with Crippen molar-refractivity contribution in [1.82, 2.24) is 0 Å². The number of rotatable bonds is 6. The average molecular weight is 356 g/mol. The number of hydrogen-bond acceptors (Lipinski definition) is 3. The van der Waals surface area contributed by atoms with Gasteiger partial charge >= 0.3 is 0 Å². The van der Waals surface area contributed by atoms with Gasteiger partial charge in [-0.25, -0.2) is 0 Å². The van der Waals surface area contributed by atoms with Crippen LogP contribution in [0.25, 0.3) is 11.6 Å². The third-order valence-corrected chi connectivity index (χ3v) is 3.76. The molecule has 0 atom stereocenters. The normalized spacial score (nSPS) is 11.3. The van der Waals surface area contributed by atoms with Crippen LogP contribution in [0.5, 0.6) is 11.5 Å². The predicted molar refractivity (Wildman–Crippen MR) is 103 cm³/mol. The van der Waals surface area contributed by atoms with Gasteiger partial charge in [-0.05, 0) is 57.0 Å². The minimum absolute atomic E-state index is 0.0136. The fourth-order valence-electron chi connectivity index (χ4n) is 2.36. The molecule has 0 aliphatic carbocycles. The van der Waals surface area contributed by atoms with Crippen molar-refractivity contribution in [2.75, 3.05) is 6.61 Å². The first-order chi connectivity index (χ1) is 11.9. The predicted octanol–water partition coefficient (Wildman–Crippen LogP) is 5.90. The third kappa shape index (κ3) is 5.01. The van der Waals surface area contributed by atoms with Gasteiger partial charge in [-0.1, -0.05) is 41.4 Å². The van der Waals surface area contributed by atoms with Gasteiger partial charge < -0.3 is 9.47 Å². The molecule has 2 aromatic rings. The quantitative estimate of drug-likeness (QED) is 0.478. The molecule has 0 heterocycles.